The lowest BCUT2D eigenvalue weighted by atomic mass is 10.3. The van der Waals surface area contributed by atoms with E-state index in [1.165, 1.54) is 30.8 Å². The molecule has 0 bridgehead atoms. The number of amides is 1. The van der Waals surface area contributed by atoms with Crippen LogP contribution < -0.4 is 10.1 Å². The molecule has 0 radical (unpaired) electrons. The first-order valence-electron chi connectivity index (χ1n) is 5.10. The fraction of sp³-hybridized carbons (Fsp3) is 0.0909. The number of nitrogens with one attached hydrogen (secondary N) is 1. The van der Waals surface area contributed by atoms with Crippen molar-refractivity contribution in [3.8, 4) is 5.75 Å². The summed E-state index contributed by atoms with van der Waals surface area (Å²) in [6, 6.07) is 1.55. The summed E-state index contributed by atoms with van der Waals surface area (Å²) in [7, 11) is 1.49. The average Bonchev–Trinajstić information content (AvgIpc) is 2.88. The van der Waals surface area contributed by atoms with Crippen LogP contribution in [0, 0.1) is 0 Å². The Morgan fingerprint density at radius 3 is 2.74 bits per heavy atom. The highest BCUT2D eigenvalue weighted by atomic mass is 32.1. The second kappa shape index (κ2) is 5.44. The van der Waals surface area contributed by atoms with Gasteiger partial charge in [0.05, 0.1) is 12.0 Å². The lowest BCUT2D eigenvalue weighted by Gasteiger charge is -2.04. The van der Waals surface area contributed by atoms with Crippen LogP contribution in [0.15, 0.2) is 23.8 Å². The predicted octanol–water partition coefficient (Wildman–Crippen LogP) is 1.50. The topological polar surface area (TPSA) is 101 Å². The van der Waals surface area contributed by atoms with Gasteiger partial charge in [0.2, 0.25) is 0 Å². The lowest BCUT2D eigenvalue weighted by molar-refractivity contribution is 0.0691. The van der Waals surface area contributed by atoms with Gasteiger partial charge in [0.1, 0.15) is 5.75 Å². The predicted molar refractivity (Wildman–Crippen MR) is 67.8 cm³/mol. The van der Waals surface area contributed by atoms with Gasteiger partial charge in [0.25, 0.3) is 5.91 Å². The SMILES string of the molecule is COc1csc(C(=O)Nc2nccnc2C(=O)O)c1. The smallest absolute Gasteiger partial charge is 0.358 e. The van der Waals surface area contributed by atoms with Crippen LogP contribution in [-0.2, 0) is 0 Å². The summed E-state index contributed by atoms with van der Waals surface area (Å²) in [5, 5.41) is 13.0. The summed E-state index contributed by atoms with van der Waals surface area (Å²) in [5.74, 6) is -1.25. The van der Waals surface area contributed by atoms with Crippen LogP contribution in [0.3, 0.4) is 0 Å². The van der Waals surface area contributed by atoms with E-state index in [1.807, 2.05) is 0 Å². The summed E-state index contributed by atoms with van der Waals surface area (Å²) in [4.78, 5) is 30.6. The number of thiophene rings is 1. The molecule has 0 aromatic carbocycles. The minimum atomic E-state index is -1.26. The van der Waals surface area contributed by atoms with Crippen LogP contribution in [0.2, 0.25) is 0 Å². The Bertz CT molecular complexity index is 626. The van der Waals surface area contributed by atoms with Crippen molar-refractivity contribution in [1.29, 1.82) is 0 Å². The fourth-order valence-electron chi connectivity index (χ4n) is 1.30. The number of carboxylic acid groups (broad SMARTS) is 1. The third-order valence-corrected chi connectivity index (χ3v) is 3.07. The maximum Gasteiger partial charge on any atom is 0.358 e. The summed E-state index contributed by atoms with van der Waals surface area (Å²) >= 11 is 1.18. The molecule has 0 aliphatic heterocycles. The van der Waals surface area contributed by atoms with Gasteiger partial charge in [-0.05, 0) is 0 Å². The van der Waals surface area contributed by atoms with E-state index in [4.69, 9.17) is 9.84 Å². The van der Waals surface area contributed by atoms with Crippen LogP contribution >= 0.6 is 11.3 Å². The summed E-state index contributed by atoms with van der Waals surface area (Å²) in [6.45, 7) is 0. The molecule has 0 spiro atoms. The molecule has 7 nitrogen and oxygen atoms in total. The quantitative estimate of drug-likeness (QED) is 0.879. The third kappa shape index (κ3) is 2.86. The van der Waals surface area contributed by atoms with E-state index in [2.05, 4.69) is 15.3 Å². The molecule has 2 aromatic rings. The highest BCUT2D eigenvalue weighted by molar-refractivity contribution is 7.12. The Morgan fingerprint density at radius 1 is 1.37 bits per heavy atom. The van der Waals surface area contributed by atoms with E-state index in [0.29, 0.717) is 10.6 Å². The molecule has 19 heavy (non-hydrogen) atoms. The number of nitrogens with zero attached hydrogens (tertiary/aromatic N) is 2. The molecule has 0 unspecified atom stereocenters. The maximum atomic E-state index is 11.9. The van der Waals surface area contributed by atoms with E-state index >= 15 is 0 Å². The molecule has 0 aliphatic carbocycles. The highest BCUT2D eigenvalue weighted by Gasteiger charge is 2.17. The Kier molecular flexibility index (Phi) is 3.71. The van der Waals surface area contributed by atoms with Crippen LogP contribution in [0.1, 0.15) is 20.2 Å². The molecule has 1 amide bonds. The monoisotopic (exact) mass is 279 g/mol. The first kappa shape index (κ1) is 13.0. The molecule has 0 saturated heterocycles. The van der Waals surface area contributed by atoms with E-state index in [1.54, 1.807) is 11.4 Å². The third-order valence-electron chi connectivity index (χ3n) is 2.17. The van der Waals surface area contributed by atoms with Crippen molar-refractivity contribution >= 4 is 29.0 Å². The number of carbonyl (C=O) groups excluding carboxylic acids is 1. The Balaban J connectivity index is 2.21. The number of hydrogen-bond acceptors (Lipinski definition) is 6. The number of anilines is 1. The number of methoxy groups -OCH3 is 1. The zero-order chi connectivity index (χ0) is 13.8. The van der Waals surface area contributed by atoms with Gasteiger partial charge < -0.3 is 15.2 Å². The molecular formula is C11H9N3O4S. The molecule has 0 fully saturated rings. The van der Waals surface area contributed by atoms with Gasteiger partial charge in [-0.15, -0.1) is 11.3 Å². The van der Waals surface area contributed by atoms with Crippen LogP contribution in [0.25, 0.3) is 0 Å². The minimum absolute atomic E-state index is 0.0904. The van der Waals surface area contributed by atoms with Gasteiger partial charge >= 0.3 is 5.97 Å². The van der Waals surface area contributed by atoms with Crippen molar-refractivity contribution in [3.05, 3.63) is 34.4 Å². The summed E-state index contributed by atoms with van der Waals surface area (Å²) in [6.07, 6.45) is 2.55. The number of carboxylic acids is 1. The number of ether oxygens (including phenoxy) is 1. The number of hydrogen-bond donors (Lipinski definition) is 2. The lowest BCUT2D eigenvalue weighted by Crippen LogP contribution is -2.16. The van der Waals surface area contributed by atoms with Crippen molar-refractivity contribution in [2.75, 3.05) is 12.4 Å². The van der Waals surface area contributed by atoms with Crippen LogP contribution in [0.5, 0.6) is 5.75 Å². The van der Waals surface area contributed by atoms with Gasteiger partial charge in [-0.25, -0.2) is 14.8 Å². The Morgan fingerprint density at radius 2 is 2.11 bits per heavy atom. The van der Waals surface area contributed by atoms with E-state index < -0.39 is 11.9 Å². The second-order valence-electron chi connectivity index (χ2n) is 3.36. The molecule has 2 heterocycles. The molecule has 0 atom stereocenters. The average molecular weight is 279 g/mol. The molecule has 8 heteroatoms. The van der Waals surface area contributed by atoms with Crippen molar-refractivity contribution < 1.29 is 19.4 Å². The molecule has 2 aromatic heterocycles. The number of rotatable bonds is 4. The molecule has 0 aliphatic rings. The van der Waals surface area contributed by atoms with Gasteiger partial charge in [-0.1, -0.05) is 0 Å². The maximum absolute atomic E-state index is 11.9. The number of carbonyl (C=O) groups is 2. The van der Waals surface area contributed by atoms with Crippen molar-refractivity contribution in [3.63, 3.8) is 0 Å². The molecular weight excluding hydrogens is 270 g/mol. The van der Waals surface area contributed by atoms with E-state index in [0.717, 1.165) is 0 Å². The molecule has 2 rings (SSSR count). The molecule has 2 N–H and O–H groups in total. The van der Waals surface area contributed by atoms with Crippen molar-refractivity contribution in [2.24, 2.45) is 0 Å². The number of aromatic nitrogens is 2. The van der Waals surface area contributed by atoms with E-state index in [9.17, 15) is 9.59 Å². The Hall–Kier alpha value is -2.48. The highest BCUT2D eigenvalue weighted by Crippen LogP contribution is 2.22. The number of aromatic carboxylic acids is 1. The minimum Gasteiger partial charge on any atom is -0.496 e. The summed E-state index contributed by atoms with van der Waals surface area (Å²) in [5.41, 5.74) is -0.306. The zero-order valence-electron chi connectivity index (χ0n) is 9.78. The zero-order valence-corrected chi connectivity index (χ0v) is 10.6. The van der Waals surface area contributed by atoms with Gasteiger partial charge in [-0.2, -0.15) is 0 Å². The van der Waals surface area contributed by atoms with Crippen LogP contribution in [0.4, 0.5) is 5.82 Å². The summed E-state index contributed by atoms with van der Waals surface area (Å²) < 4.78 is 4.97. The van der Waals surface area contributed by atoms with Gasteiger partial charge in [-0.3, -0.25) is 4.79 Å². The van der Waals surface area contributed by atoms with Crippen molar-refractivity contribution in [2.45, 2.75) is 0 Å². The fourth-order valence-corrected chi connectivity index (χ4v) is 2.05. The molecule has 98 valence electrons. The second-order valence-corrected chi connectivity index (χ2v) is 4.27. The van der Waals surface area contributed by atoms with Crippen LogP contribution in [-0.4, -0.2) is 34.1 Å². The van der Waals surface area contributed by atoms with Gasteiger partial charge in [0, 0.05) is 23.8 Å². The largest absolute Gasteiger partial charge is 0.496 e. The van der Waals surface area contributed by atoms with Crippen molar-refractivity contribution in [1.82, 2.24) is 9.97 Å². The molecule has 0 saturated carbocycles. The van der Waals surface area contributed by atoms with E-state index in [-0.39, 0.29) is 11.5 Å². The first-order chi connectivity index (χ1) is 9.11. The Labute approximate surface area is 111 Å². The standard InChI is InChI=1S/C11H9N3O4S/c1-18-6-4-7(19-5-6)10(15)14-9-8(11(16)17)12-2-3-13-9/h2-5H,1H3,(H,16,17)(H,13,14,15). The first-order valence-corrected chi connectivity index (χ1v) is 5.98. The van der Waals surface area contributed by atoms with Gasteiger partial charge in [0.15, 0.2) is 11.5 Å². The normalized spacial score (nSPS) is 9.95.